The van der Waals surface area contributed by atoms with E-state index < -0.39 is 12.1 Å². The Morgan fingerprint density at radius 2 is 1.96 bits per heavy atom. The van der Waals surface area contributed by atoms with E-state index in [1.165, 1.54) is 7.11 Å². The van der Waals surface area contributed by atoms with Gasteiger partial charge in [0.25, 0.3) is 0 Å². The third-order valence-electron chi connectivity index (χ3n) is 4.37. The fraction of sp³-hybridized carbons (Fsp3) is 0.474. The molecule has 1 heterocycles. The van der Waals surface area contributed by atoms with Gasteiger partial charge in [-0.3, -0.25) is 0 Å². The molecule has 0 aliphatic heterocycles. The number of carbonyl (C=O) groups excluding carboxylic acids is 1. The van der Waals surface area contributed by atoms with Crippen LogP contribution in [0.1, 0.15) is 30.9 Å². The molecule has 0 amide bonds. The maximum Gasteiger partial charge on any atom is 0.347 e. The van der Waals surface area contributed by atoms with Crippen molar-refractivity contribution in [2.75, 3.05) is 20.3 Å². The Kier molecular flexibility index (Phi) is 5.38. The Morgan fingerprint density at radius 1 is 1.20 bits per heavy atom. The van der Waals surface area contributed by atoms with Crippen LogP contribution in [0.2, 0.25) is 0 Å². The van der Waals surface area contributed by atoms with E-state index in [1.54, 1.807) is 19.1 Å². The van der Waals surface area contributed by atoms with E-state index in [0.717, 1.165) is 42.2 Å². The average Bonchev–Trinajstić information content (AvgIpc) is 2.62. The molecule has 134 valence electrons. The van der Waals surface area contributed by atoms with Crippen LogP contribution in [-0.2, 0) is 27.1 Å². The number of hydrogen-bond donors (Lipinski definition) is 0. The van der Waals surface area contributed by atoms with Crippen molar-refractivity contribution in [2.24, 2.45) is 0 Å². The summed E-state index contributed by atoms with van der Waals surface area (Å²) in [6, 6.07) is 5.33. The molecule has 0 saturated heterocycles. The summed E-state index contributed by atoms with van der Waals surface area (Å²) in [5, 5.41) is 0.942. The molecule has 0 saturated carbocycles. The highest BCUT2D eigenvalue weighted by molar-refractivity contribution is 5.83. The molecule has 1 unspecified atom stereocenters. The highest BCUT2D eigenvalue weighted by Crippen LogP contribution is 2.29. The molecule has 2 aromatic rings. The lowest BCUT2D eigenvalue weighted by Gasteiger charge is -2.17. The van der Waals surface area contributed by atoms with E-state index in [0.29, 0.717) is 17.9 Å². The zero-order valence-electron chi connectivity index (χ0n) is 14.5. The van der Waals surface area contributed by atoms with E-state index in [4.69, 9.17) is 18.6 Å². The Morgan fingerprint density at radius 3 is 2.72 bits per heavy atom. The lowest BCUT2D eigenvalue weighted by atomic mass is 9.91. The van der Waals surface area contributed by atoms with E-state index in [9.17, 15) is 9.59 Å². The minimum atomic E-state index is -0.765. The number of aryl methyl sites for hydroxylation is 1. The largest absolute Gasteiger partial charge is 0.479 e. The van der Waals surface area contributed by atoms with Crippen molar-refractivity contribution in [3.05, 3.63) is 39.7 Å². The van der Waals surface area contributed by atoms with Crippen LogP contribution in [0.25, 0.3) is 11.0 Å². The molecule has 1 aliphatic rings. The molecule has 1 aromatic carbocycles. The van der Waals surface area contributed by atoms with E-state index in [-0.39, 0.29) is 12.2 Å². The van der Waals surface area contributed by atoms with Gasteiger partial charge in [-0.25, -0.2) is 9.59 Å². The second-order valence-electron chi connectivity index (χ2n) is 6.13. The number of fused-ring (bicyclic) bond motifs is 3. The summed E-state index contributed by atoms with van der Waals surface area (Å²) >= 11 is 0. The third kappa shape index (κ3) is 3.85. The van der Waals surface area contributed by atoms with Gasteiger partial charge < -0.3 is 18.6 Å². The molecule has 1 atom stereocenters. The average molecular weight is 346 g/mol. The van der Waals surface area contributed by atoms with Crippen molar-refractivity contribution < 1.29 is 23.4 Å². The number of hydrogen-bond acceptors (Lipinski definition) is 6. The predicted octanol–water partition coefficient (Wildman–Crippen LogP) is 2.63. The second-order valence-corrected chi connectivity index (χ2v) is 6.13. The van der Waals surface area contributed by atoms with Crippen LogP contribution in [0.4, 0.5) is 0 Å². The minimum absolute atomic E-state index is 0.182. The van der Waals surface area contributed by atoms with E-state index >= 15 is 0 Å². The number of benzene rings is 1. The van der Waals surface area contributed by atoms with Crippen LogP contribution in [0, 0.1) is 0 Å². The first-order valence-corrected chi connectivity index (χ1v) is 8.51. The van der Waals surface area contributed by atoms with Gasteiger partial charge in [0.2, 0.25) is 0 Å². The molecule has 6 nitrogen and oxygen atoms in total. The number of esters is 1. The van der Waals surface area contributed by atoms with Crippen LogP contribution in [0.15, 0.2) is 27.4 Å². The number of carbonyl (C=O) groups is 1. The summed E-state index contributed by atoms with van der Waals surface area (Å²) in [7, 11) is 1.54. The van der Waals surface area contributed by atoms with Crippen molar-refractivity contribution in [3.63, 3.8) is 0 Å². The monoisotopic (exact) mass is 346 g/mol. The first-order valence-electron chi connectivity index (χ1n) is 8.51. The van der Waals surface area contributed by atoms with E-state index in [1.807, 2.05) is 6.07 Å². The van der Waals surface area contributed by atoms with Crippen molar-refractivity contribution in [2.45, 2.75) is 38.7 Å². The van der Waals surface area contributed by atoms with Gasteiger partial charge in [-0.05, 0) is 50.3 Å². The van der Waals surface area contributed by atoms with Crippen LogP contribution in [-0.4, -0.2) is 32.4 Å². The summed E-state index contributed by atoms with van der Waals surface area (Å²) in [5.41, 5.74) is 2.09. The fourth-order valence-electron chi connectivity index (χ4n) is 3.09. The summed E-state index contributed by atoms with van der Waals surface area (Å²) in [4.78, 5) is 24.0. The fourth-order valence-corrected chi connectivity index (χ4v) is 3.09. The Hall–Kier alpha value is -2.34. The molecule has 1 aliphatic carbocycles. The quantitative estimate of drug-likeness (QED) is 0.455. The zero-order chi connectivity index (χ0) is 17.8. The number of rotatable bonds is 6. The summed E-state index contributed by atoms with van der Waals surface area (Å²) in [5.74, 6) is -0.00774. The van der Waals surface area contributed by atoms with Crippen molar-refractivity contribution in [1.82, 2.24) is 0 Å². The molecular formula is C19H22O6. The molecule has 0 radical (unpaired) electrons. The lowest BCUT2D eigenvalue weighted by molar-refractivity contribution is -0.152. The van der Waals surface area contributed by atoms with Gasteiger partial charge in [0.1, 0.15) is 17.9 Å². The highest BCUT2D eigenvalue weighted by atomic mass is 16.6. The Labute approximate surface area is 145 Å². The van der Waals surface area contributed by atoms with Gasteiger partial charge in [-0.15, -0.1) is 0 Å². The molecule has 6 heteroatoms. The minimum Gasteiger partial charge on any atom is -0.479 e. The number of ether oxygens (including phenoxy) is 3. The maximum absolute atomic E-state index is 12.2. The highest BCUT2D eigenvalue weighted by Gasteiger charge is 2.20. The van der Waals surface area contributed by atoms with Crippen LogP contribution in [0.5, 0.6) is 5.75 Å². The molecule has 0 spiro atoms. The zero-order valence-corrected chi connectivity index (χ0v) is 14.5. The number of methoxy groups -OCH3 is 1. The first-order chi connectivity index (χ1) is 12.1. The van der Waals surface area contributed by atoms with Crippen LogP contribution >= 0.6 is 0 Å². The molecule has 1 aromatic heterocycles. The van der Waals surface area contributed by atoms with Gasteiger partial charge in [0.05, 0.1) is 6.61 Å². The summed E-state index contributed by atoms with van der Waals surface area (Å²) in [6.45, 7) is 2.13. The van der Waals surface area contributed by atoms with Gasteiger partial charge in [0, 0.05) is 24.1 Å². The van der Waals surface area contributed by atoms with Crippen molar-refractivity contribution in [3.8, 4) is 5.75 Å². The predicted molar refractivity (Wildman–Crippen MR) is 92.1 cm³/mol. The van der Waals surface area contributed by atoms with Gasteiger partial charge >= 0.3 is 11.6 Å². The molecule has 3 rings (SSSR count). The Bertz CT molecular complexity index is 823. The molecular weight excluding hydrogens is 324 g/mol. The van der Waals surface area contributed by atoms with Gasteiger partial charge in [-0.2, -0.15) is 0 Å². The summed E-state index contributed by atoms with van der Waals surface area (Å²) < 4.78 is 20.9. The lowest BCUT2D eigenvalue weighted by Crippen LogP contribution is -2.27. The van der Waals surface area contributed by atoms with Crippen molar-refractivity contribution >= 4 is 16.9 Å². The van der Waals surface area contributed by atoms with Crippen molar-refractivity contribution in [1.29, 1.82) is 0 Å². The maximum atomic E-state index is 12.2. The van der Waals surface area contributed by atoms with Crippen LogP contribution < -0.4 is 10.4 Å². The second kappa shape index (κ2) is 7.70. The van der Waals surface area contributed by atoms with Gasteiger partial charge in [-0.1, -0.05) is 0 Å². The molecule has 0 bridgehead atoms. The Balaban J connectivity index is 1.80. The normalized spacial score (nSPS) is 14.8. The molecule has 0 fully saturated rings. The molecule has 0 N–H and O–H groups in total. The first kappa shape index (κ1) is 17.5. The smallest absolute Gasteiger partial charge is 0.347 e. The van der Waals surface area contributed by atoms with Crippen LogP contribution in [0.3, 0.4) is 0 Å². The third-order valence-corrected chi connectivity index (χ3v) is 4.37. The van der Waals surface area contributed by atoms with Gasteiger partial charge in [0.15, 0.2) is 6.10 Å². The summed E-state index contributed by atoms with van der Waals surface area (Å²) in [6.07, 6.45) is 3.00. The SMILES string of the molecule is COCCOC(=O)C(C)Oc1ccc2c3c(c(=O)oc2c1)CCCC3. The van der Waals surface area contributed by atoms with E-state index in [2.05, 4.69) is 0 Å². The topological polar surface area (TPSA) is 75.0 Å². The molecule has 25 heavy (non-hydrogen) atoms. The standard InChI is InChI=1S/C19H22O6/c1-12(18(20)23-10-9-22-2)24-13-7-8-15-14-5-3-4-6-16(14)19(21)25-17(15)11-13/h7-8,11-12H,3-6,9-10H2,1-2H3.